The molecule has 0 bridgehead atoms. The number of hydrogen-bond donors (Lipinski definition) is 0. The van der Waals surface area contributed by atoms with Crippen LogP contribution >= 0.6 is 11.6 Å². The maximum Gasteiger partial charge on any atom is 0.131 e. The number of benzene rings is 2. The van der Waals surface area contributed by atoms with E-state index in [1.807, 2.05) is 24.3 Å². The molecule has 0 radical (unpaired) electrons. The zero-order chi connectivity index (χ0) is 17.4. The second-order valence-corrected chi connectivity index (χ2v) is 6.02. The fraction of sp³-hybridized carbons (Fsp3) is 0.0526. The predicted octanol–water partition coefficient (Wildman–Crippen LogP) is 5.08. The molecule has 0 amide bonds. The third-order valence-electron chi connectivity index (χ3n) is 3.99. The molecule has 2 aromatic carbocycles. The Morgan fingerprint density at radius 1 is 0.960 bits per heavy atom. The molecule has 0 unspecified atom stereocenters. The Hall–Kier alpha value is -2.79. The first-order valence-electron chi connectivity index (χ1n) is 7.64. The molecular formula is C19H12ClF2N3. The van der Waals surface area contributed by atoms with Crippen LogP contribution in [0.15, 0.2) is 60.8 Å². The molecule has 0 aliphatic heterocycles. The summed E-state index contributed by atoms with van der Waals surface area (Å²) in [4.78, 5) is 4.31. The molecule has 124 valence electrons. The minimum absolute atomic E-state index is 0.0143. The average molecular weight is 356 g/mol. The van der Waals surface area contributed by atoms with Gasteiger partial charge in [0.15, 0.2) is 0 Å². The van der Waals surface area contributed by atoms with Gasteiger partial charge in [0.1, 0.15) is 17.3 Å². The summed E-state index contributed by atoms with van der Waals surface area (Å²) in [6, 6.07) is 14.7. The summed E-state index contributed by atoms with van der Waals surface area (Å²) < 4.78 is 29.6. The summed E-state index contributed by atoms with van der Waals surface area (Å²) in [5, 5.41) is 5.93. The third kappa shape index (κ3) is 2.87. The Balaban J connectivity index is 1.88. The second-order valence-electron chi connectivity index (χ2n) is 5.58. The smallest absolute Gasteiger partial charge is 0.131 e. The van der Waals surface area contributed by atoms with Gasteiger partial charge in [0.05, 0.1) is 17.8 Å². The lowest BCUT2D eigenvalue weighted by Gasteiger charge is -2.06. The fourth-order valence-electron chi connectivity index (χ4n) is 2.80. The first kappa shape index (κ1) is 15.7. The van der Waals surface area contributed by atoms with E-state index in [9.17, 15) is 8.78 Å². The van der Waals surface area contributed by atoms with E-state index >= 15 is 0 Å². The van der Waals surface area contributed by atoms with Gasteiger partial charge in [0.2, 0.25) is 0 Å². The first-order valence-corrected chi connectivity index (χ1v) is 8.01. The molecule has 0 saturated carbocycles. The largest absolute Gasteiger partial charge is 0.260 e. The van der Waals surface area contributed by atoms with Crippen LogP contribution in [0.5, 0.6) is 0 Å². The van der Waals surface area contributed by atoms with Crippen LogP contribution in [0.4, 0.5) is 8.78 Å². The Morgan fingerprint density at radius 2 is 1.72 bits per heavy atom. The zero-order valence-corrected chi connectivity index (χ0v) is 13.7. The number of rotatable bonds is 3. The van der Waals surface area contributed by atoms with Crippen molar-refractivity contribution in [2.45, 2.75) is 6.54 Å². The fourth-order valence-corrected chi connectivity index (χ4v) is 2.96. The number of hydrogen-bond acceptors (Lipinski definition) is 2. The van der Waals surface area contributed by atoms with Gasteiger partial charge in [-0.2, -0.15) is 5.10 Å². The molecule has 2 aromatic heterocycles. The number of pyridine rings is 1. The van der Waals surface area contributed by atoms with Crippen LogP contribution in [-0.2, 0) is 6.54 Å². The normalized spacial score (nSPS) is 11.2. The quantitative estimate of drug-likeness (QED) is 0.513. The van der Waals surface area contributed by atoms with E-state index < -0.39 is 11.6 Å². The highest BCUT2D eigenvalue weighted by Gasteiger charge is 2.16. The van der Waals surface area contributed by atoms with Gasteiger partial charge in [0, 0.05) is 22.2 Å². The van der Waals surface area contributed by atoms with Gasteiger partial charge in [-0.3, -0.25) is 9.67 Å². The maximum absolute atomic E-state index is 14.0. The second kappa shape index (κ2) is 6.26. The Kier molecular flexibility index (Phi) is 3.93. The van der Waals surface area contributed by atoms with Crippen molar-refractivity contribution in [2.24, 2.45) is 0 Å². The molecule has 0 saturated heterocycles. The summed E-state index contributed by atoms with van der Waals surface area (Å²) >= 11 is 6.05. The van der Waals surface area contributed by atoms with Crippen molar-refractivity contribution in [3.05, 3.63) is 83.0 Å². The molecule has 0 aliphatic rings. The topological polar surface area (TPSA) is 30.7 Å². The monoisotopic (exact) mass is 355 g/mol. The predicted molar refractivity (Wildman–Crippen MR) is 93.4 cm³/mol. The molecule has 2 heterocycles. The number of nitrogens with zero attached hydrogens (tertiary/aromatic N) is 3. The van der Waals surface area contributed by atoms with Gasteiger partial charge >= 0.3 is 0 Å². The molecule has 0 fully saturated rings. The van der Waals surface area contributed by atoms with Gasteiger partial charge in [0.25, 0.3) is 0 Å². The van der Waals surface area contributed by atoms with E-state index in [1.54, 1.807) is 23.0 Å². The Labute approximate surface area is 147 Å². The van der Waals surface area contributed by atoms with E-state index in [0.29, 0.717) is 16.4 Å². The summed E-state index contributed by atoms with van der Waals surface area (Å²) in [6.45, 7) is -0.0143. The van der Waals surface area contributed by atoms with Gasteiger partial charge in [-0.05, 0) is 30.3 Å². The van der Waals surface area contributed by atoms with E-state index in [0.717, 1.165) is 10.9 Å². The minimum atomic E-state index is -0.595. The van der Waals surface area contributed by atoms with Gasteiger partial charge in [-0.15, -0.1) is 0 Å². The maximum atomic E-state index is 14.0. The number of fused-ring (bicyclic) bond motifs is 1. The highest BCUT2D eigenvalue weighted by molar-refractivity contribution is 6.30. The lowest BCUT2D eigenvalue weighted by atomic mass is 10.1. The van der Waals surface area contributed by atoms with E-state index in [1.165, 1.54) is 18.2 Å². The SMILES string of the molecule is Fc1cccc(F)c1Cn1nc(-c2cc(Cl)ccn2)c2ccccc21. The zero-order valence-electron chi connectivity index (χ0n) is 13.0. The van der Waals surface area contributed by atoms with E-state index in [2.05, 4.69) is 10.1 Å². The average Bonchev–Trinajstić information content (AvgIpc) is 2.97. The van der Waals surface area contributed by atoms with Crippen LogP contribution in [0.25, 0.3) is 22.3 Å². The molecule has 3 nitrogen and oxygen atoms in total. The van der Waals surface area contributed by atoms with Crippen molar-refractivity contribution in [1.82, 2.24) is 14.8 Å². The molecule has 0 N–H and O–H groups in total. The highest BCUT2D eigenvalue weighted by atomic mass is 35.5. The van der Waals surface area contributed by atoms with Crippen LogP contribution < -0.4 is 0 Å². The van der Waals surface area contributed by atoms with Crippen LogP contribution in [-0.4, -0.2) is 14.8 Å². The molecule has 0 atom stereocenters. The summed E-state index contributed by atoms with van der Waals surface area (Å²) in [5.74, 6) is -1.19. The molecular weight excluding hydrogens is 344 g/mol. The van der Waals surface area contributed by atoms with Crippen LogP contribution in [0.3, 0.4) is 0 Å². The van der Waals surface area contributed by atoms with Gasteiger partial charge in [-0.25, -0.2) is 8.78 Å². The van der Waals surface area contributed by atoms with Crippen molar-refractivity contribution < 1.29 is 8.78 Å². The van der Waals surface area contributed by atoms with Gasteiger partial charge < -0.3 is 0 Å². The lowest BCUT2D eigenvalue weighted by molar-refractivity contribution is 0.537. The number of para-hydroxylation sites is 1. The Morgan fingerprint density at radius 3 is 2.48 bits per heavy atom. The molecule has 0 aliphatic carbocycles. The number of aromatic nitrogens is 3. The van der Waals surface area contributed by atoms with E-state index in [4.69, 9.17) is 11.6 Å². The van der Waals surface area contributed by atoms with Crippen molar-refractivity contribution in [3.63, 3.8) is 0 Å². The van der Waals surface area contributed by atoms with Crippen molar-refractivity contribution in [2.75, 3.05) is 0 Å². The van der Waals surface area contributed by atoms with Crippen molar-refractivity contribution in [3.8, 4) is 11.4 Å². The van der Waals surface area contributed by atoms with Crippen LogP contribution in [0, 0.1) is 11.6 Å². The van der Waals surface area contributed by atoms with Crippen molar-refractivity contribution >= 4 is 22.5 Å². The van der Waals surface area contributed by atoms with Crippen LogP contribution in [0.2, 0.25) is 5.02 Å². The molecule has 6 heteroatoms. The molecule has 0 spiro atoms. The number of halogens is 3. The minimum Gasteiger partial charge on any atom is -0.260 e. The first-order chi connectivity index (χ1) is 12.1. The third-order valence-corrected chi connectivity index (χ3v) is 4.23. The lowest BCUT2D eigenvalue weighted by Crippen LogP contribution is -2.06. The summed E-state index contributed by atoms with van der Waals surface area (Å²) in [7, 11) is 0. The molecule has 4 aromatic rings. The van der Waals surface area contributed by atoms with Crippen LogP contribution in [0.1, 0.15) is 5.56 Å². The van der Waals surface area contributed by atoms with Crippen molar-refractivity contribution in [1.29, 1.82) is 0 Å². The van der Waals surface area contributed by atoms with Gasteiger partial charge in [-0.1, -0.05) is 35.9 Å². The summed E-state index contributed by atoms with van der Waals surface area (Å²) in [6.07, 6.45) is 1.60. The Bertz CT molecular complexity index is 1060. The molecule has 4 rings (SSSR count). The van der Waals surface area contributed by atoms with E-state index in [-0.39, 0.29) is 12.1 Å². The highest BCUT2D eigenvalue weighted by Crippen LogP contribution is 2.28. The standard InChI is InChI=1S/C19H12ClF2N3/c20-12-8-9-23-17(10-12)19-13-4-1-2-7-18(13)25(24-19)11-14-15(21)5-3-6-16(14)22/h1-10H,11H2. The summed E-state index contributed by atoms with van der Waals surface area (Å²) in [5.41, 5.74) is 1.97. The molecule has 25 heavy (non-hydrogen) atoms.